The smallest absolute Gasteiger partial charge is 0.241 e. The number of methoxy groups -OCH3 is 1. The van der Waals surface area contributed by atoms with E-state index in [1.807, 2.05) is 0 Å². The van der Waals surface area contributed by atoms with Gasteiger partial charge in [-0.1, -0.05) is 0 Å². The quantitative estimate of drug-likeness (QED) is 0.799. The zero-order chi connectivity index (χ0) is 14.8. The van der Waals surface area contributed by atoms with Crippen LogP contribution >= 0.6 is 0 Å². The van der Waals surface area contributed by atoms with Crippen LogP contribution in [-0.4, -0.2) is 51.4 Å². The summed E-state index contributed by atoms with van der Waals surface area (Å²) in [6.45, 7) is 0.639. The van der Waals surface area contributed by atoms with Gasteiger partial charge in [-0.3, -0.25) is 4.79 Å². The number of aromatic nitrogens is 1. The van der Waals surface area contributed by atoms with Crippen LogP contribution in [-0.2, 0) is 19.4 Å². The van der Waals surface area contributed by atoms with E-state index >= 15 is 0 Å². The van der Waals surface area contributed by atoms with E-state index < -0.39 is 9.84 Å². The number of pyridine rings is 1. The molecule has 1 saturated heterocycles. The third-order valence-corrected chi connectivity index (χ3v) is 4.13. The molecule has 1 aromatic heterocycles. The van der Waals surface area contributed by atoms with Gasteiger partial charge in [0.2, 0.25) is 5.91 Å². The predicted molar refractivity (Wildman–Crippen MR) is 73.2 cm³/mol. The Morgan fingerprint density at radius 3 is 2.75 bits per heavy atom. The van der Waals surface area contributed by atoms with Gasteiger partial charge in [0.05, 0.1) is 24.0 Å². The third kappa shape index (κ3) is 3.53. The largest absolute Gasteiger partial charge is 0.380 e. The standard InChI is InChI=1S/C12H17N3O4S/c1-19-9-5-10(13-7-9)12(16)15-8-3-4-11(14-6-8)20(2,17)18/h3-4,6,9-10,13H,5,7H2,1-2H3,(H,15,16). The molecule has 1 aliphatic rings. The molecule has 0 spiro atoms. The van der Waals surface area contributed by atoms with Crippen molar-refractivity contribution in [1.29, 1.82) is 0 Å². The molecule has 7 nitrogen and oxygen atoms in total. The lowest BCUT2D eigenvalue weighted by molar-refractivity contribution is -0.118. The molecular formula is C12H17N3O4S. The molecule has 0 radical (unpaired) electrons. The van der Waals surface area contributed by atoms with Crippen molar-refractivity contribution in [2.45, 2.75) is 23.6 Å². The number of nitrogens with one attached hydrogen (secondary N) is 2. The highest BCUT2D eigenvalue weighted by atomic mass is 32.2. The van der Waals surface area contributed by atoms with Gasteiger partial charge in [-0.05, 0) is 18.6 Å². The van der Waals surface area contributed by atoms with Gasteiger partial charge in [-0.15, -0.1) is 0 Å². The molecule has 2 unspecified atom stereocenters. The van der Waals surface area contributed by atoms with Crippen LogP contribution in [0.2, 0.25) is 0 Å². The maximum Gasteiger partial charge on any atom is 0.241 e. The Hall–Kier alpha value is -1.51. The van der Waals surface area contributed by atoms with Crippen molar-refractivity contribution in [3.05, 3.63) is 18.3 Å². The van der Waals surface area contributed by atoms with Crippen molar-refractivity contribution in [3.8, 4) is 0 Å². The summed E-state index contributed by atoms with van der Waals surface area (Å²) in [5.41, 5.74) is 0.463. The third-order valence-electron chi connectivity index (χ3n) is 3.12. The van der Waals surface area contributed by atoms with E-state index in [0.29, 0.717) is 18.7 Å². The number of ether oxygens (including phenoxy) is 1. The van der Waals surface area contributed by atoms with Crippen molar-refractivity contribution in [2.75, 3.05) is 25.2 Å². The molecule has 0 aromatic carbocycles. The molecule has 8 heteroatoms. The van der Waals surface area contributed by atoms with Gasteiger partial charge >= 0.3 is 0 Å². The fourth-order valence-corrected chi connectivity index (χ4v) is 2.54. The van der Waals surface area contributed by atoms with Gasteiger partial charge in [-0.2, -0.15) is 0 Å². The maximum absolute atomic E-state index is 12.0. The Morgan fingerprint density at radius 1 is 1.50 bits per heavy atom. The molecule has 2 rings (SSSR count). The first-order chi connectivity index (χ1) is 9.40. The van der Waals surface area contributed by atoms with E-state index in [1.165, 1.54) is 18.3 Å². The molecule has 2 N–H and O–H groups in total. The molecule has 1 aliphatic heterocycles. The van der Waals surface area contributed by atoms with E-state index in [-0.39, 0.29) is 23.1 Å². The summed E-state index contributed by atoms with van der Waals surface area (Å²) in [7, 11) is -1.72. The van der Waals surface area contributed by atoms with E-state index in [4.69, 9.17) is 4.74 Å². The minimum Gasteiger partial charge on any atom is -0.380 e. The average Bonchev–Trinajstić information content (AvgIpc) is 2.87. The zero-order valence-electron chi connectivity index (χ0n) is 11.3. The summed E-state index contributed by atoms with van der Waals surface area (Å²) in [6, 6.07) is 2.57. The topological polar surface area (TPSA) is 97.4 Å². The summed E-state index contributed by atoms with van der Waals surface area (Å²) in [6.07, 6.45) is 3.06. The Morgan fingerprint density at radius 2 is 2.25 bits per heavy atom. The SMILES string of the molecule is COC1CNC(C(=O)Nc2ccc(S(C)(=O)=O)nc2)C1. The molecule has 0 saturated carbocycles. The molecule has 0 aliphatic carbocycles. The molecule has 0 bridgehead atoms. The Kier molecular flexibility index (Phi) is 4.36. The van der Waals surface area contributed by atoms with E-state index in [0.717, 1.165) is 6.26 Å². The zero-order valence-corrected chi connectivity index (χ0v) is 12.1. The first-order valence-electron chi connectivity index (χ1n) is 6.13. The minimum absolute atomic E-state index is 0.0195. The number of amides is 1. The predicted octanol–water partition coefficient (Wildman–Crippen LogP) is -0.199. The second-order valence-electron chi connectivity index (χ2n) is 4.70. The highest BCUT2D eigenvalue weighted by molar-refractivity contribution is 7.90. The van der Waals surface area contributed by atoms with E-state index in [2.05, 4.69) is 15.6 Å². The van der Waals surface area contributed by atoms with E-state index in [1.54, 1.807) is 7.11 Å². The monoisotopic (exact) mass is 299 g/mol. The van der Waals surface area contributed by atoms with Crippen molar-refractivity contribution < 1.29 is 17.9 Å². The van der Waals surface area contributed by atoms with Crippen molar-refractivity contribution in [2.24, 2.45) is 0 Å². The van der Waals surface area contributed by atoms with Gasteiger partial charge in [0.25, 0.3) is 0 Å². The molecule has 1 aromatic rings. The second kappa shape index (κ2) is 5.86. The fraction of sp³-hybridized carbons (Fsp3) is 0.500. The first-order valence-corrected chi connectivity index (χ1v) is 8.02. The van der Waals surface area contributed by atoms with Crippen LogP contribution in [0.1, 0.15) is 6.42 Å². The number of hydrogen-bond donors (Lipinski definition) is 2. The Balaban J connectivity index is 1.98. The normalized spacial score (nSPS) is 22.7. The van der Waals surface area contributed by atoms with E-state index in [9.17, 15) is 13.2 Å². The molecule has 110 valence electrons. The number of carbonyl (C=O) groups is 1. The van der Waals surface area contributed by atoms with Crippen LogP contribution in [0.3, 0.4) is 0 Å². The van der Waals surface area contributed by atoms with Crippen LogP contribution in [0.25, 0.3) is 0 Å². The summed E-state index contributed by atoms with van der Waals surface area (Å²) in [4.78, 5) is 15.8. The summed E-state index contributed by atoms with van der Waals surface area (Å²) in [5.74, 6) is -0.182. The van der Waals surface area contributed by atoms with Crippen LogP contribution < -0.4 is 10.6 Å². The molecular weight excluding hydrogens is 282 g/mol. The number of carbonyl (C=O) groups excluding carboxylic acids is 1. The Labute approximate surface area is 117 Å². The average molecular weight is 299 g/mol. The van der Waals surface area contributed by atoms with Crippen molar-refractivity contribution >= 4 is 21.4 Å². The maximum atomic E-state index is 12.0. The molecule has 1 amide bonds. The number of nitrogens with zero attached hydrogens (tertiary/aromatic N) is 1. The number of anilines is 1. The van der Waals surface area contributed by atoms with Crippen molar-refractivity contribution in [1.82, 2.24) is 10.3 Å². The second-order valence-corrected chi connectivity index (χ2v) is 6.66. The highest BCUT2D eigenvalue weighted by Gasteiger charge is 2.29. The lowest BCUT2D eigenvalue weighted by Crippen LogP contribution is -2.35. The lowest BCUT2D eigenvalue weighted by Gasteiger charge is -2.11. The Bertz CT molecular complexity index is 585. The summed E-state index contributed by atoms with van der Waals surface area (Å²) < 4.78 is 27.7. The van der Waals surface area contributed by atoms with Gasteiger partial charge in [0.1, 0.15) is 0 Å². The summed E-state index contributed by atoms with van der Waals surface area (Å²) in [5, 5.41) is 5.73. The molecule has 1 fully saturated rings. The van der Waals surface area contributed by atoms with Gasteiger partial charge in [0.15, 0.2) is 14.9 Å². The van der Waals surface area contributed by atoms with Gasteiger partial charge in [-0.25, -0.2) is 13.4 Å². The first kappa shape index (κ1) is 14.9. The highest BCUT2D eigenvalue weighted by Crippen LogP contribution is 2.14. The number of sulfone groups is 1. The fourth-order valence-electron chi connectivity index (χ4n) is 1.99. The van der Waals surface area contributed by atoms with Crippen LogP contribution in [0.15, 0.2) is 23.4 Å². The van der Waals surface area contributed by atoms with Crippen LogP contribution in [0.4, 0.5) is 5.69 Å². The van der Waals surface area contributed by atoms with Crippen LogP contribution in [0.5, 0.6) is 0 Å². The lowest BCUT2D eigenvalue weighted by atomic mass is 10.2. The summed E-state index contributed by atoms with van der Waals surface area (Å²) >= 11 is 0. The molecule has 2 atom stereocenters. The van der Waals surface area contributed by atoms with Crippen molar-refractivity contribution in [3.63, 3.8) is 0 Å². The minimum atomic E-state index is -3.33. The number of rotatable bonds is 4. The molecule has 20 heavy (non-hydrogen) atoms. The van der Waals surface area contributed by atoms with Gasteiger partial charge in [0, 0.05) is 19.9 Å². The van der Waals surface area contributed by atoms with Gasteiger partial charge < -0.3 is 15.4 Å². The number of hydrogen-bond acceptors (Lipinski definition) is 6. The van der Waals surface area contributed by atoms with Crippen LogP contribution in [0, 0.1) is 0 Å². The molecule has 2 heterocycles.